The predicted octanol–water partition coefficient (Wildman–Crippen LogP) is 0.941. The lowest BCUT2D eigenvalue weighted by molar-refractivity contribution is -0.123. The van der Waals surface area contributed by atoms with Gasteiger partial charge in [0, 0.05) is 13.0 Å². The summed E-state index contributed by atoms with van der Waals surface area (Å²) in [4.78, 5) is 28.4. The summed E-state index contributed by atoms with van der Waals surface area (Å²) in [6, 6.07) is 6.35. The summed E-state index contributed by atoms with van der Waals surface area (Å²) in [5.41, 5.74) is 1.07. The molecule has 8 nitrogen and oxygen atoms in total. The zero-order chi connectivity index (χ0) is 16.4. The molecule has 1 atom stereocenters. The van der Waals surface area contributed by atoms with Gasteiger partial charge in [-0.15, -0.1) is 0 Å². The number of rotatable bonds is 5. The molecular formula is C15H17N5O3. The molecule has 0 radical (unpaired) electrons. The van der Waals surface area contributed by atoms with Gasteiger partial charge in [0.15, 0.2) is 11.4 Å². The standard InChI is InChI=1S/C15H17N5O3/c1-9(14(21)16-8-7-13-17-10(2)18-19-13)20-11-5-3-4-6-12(11)23-15(20)22/h3-6,9H,7-8H2,1-2H3,(H,16,21)(H,17,18,19)/t9-/m0/s1. The number of nitrogens with one attached hydrogen (secondary N) is 2. The van der Waals surface area contributed by atoms with Crippen molar-refractivity contribution in [1.82, 2.24) is 25.1 Å². The van der Waals surface area contributed by atoms with Crippen LogP contribution in [0.15, 0.2) is 33.5 Å². The Morgan fingerprint density at radius 3 is 2.96 bits per heavy atom. The fourth-order valence-electron chi connectivity index (χ4n) is 2.41. The molecule has 0 bridgehead atoms. The van der Waals surface area contributed by atoms with E-state index in [2.05, 4.69) is 20.5 Å². The van der Waals surface area contributed by atoms with Crippen molar-refractivity contribution in [3.63, 3.8) is 0 Å². The predicted molar refractivity (Wildman–Crippen MR) is 83.0 cm³/mol. The van der Waals surface area contributed by atoms with Crippen LogP contribution in [0.2, 0.25) is 0 Å². The lowest BCUT2D eigenvalue weighted by atomic mass is 10.2. The van der Waals surface area contributed by atoms with Gasteiger partial charge in [-0.1, -0.05) is 12.1 Å². The van der Waals surface area contributed by atoms with Crippen LogP contribution in [0, 0.1) is 6.92 Å². The van der Waals surface area contributed by atoms with Crippen molar-refractivity contribution in [3.8, 4) is 0 Å². The zero-order valence-electron chi connectivity index (χ0n) is 12.9. The summed E-state index contributed by atoms with van der Waals surface area (Å²) < 4.78 is 6.50. The van der Waals surface area contributed by atoms with Crippen LogP contribution >= 0.6 is 0 Å². The molecular weight excluding hydrogens is 298 g/mol. The second-order valence-corrected chi connectivity index (χ2v) is 5.26. The molecule has 0 unspecified atom stereocenters. The smallest absolute Gasteiger partial charge is 0.408 e. The second kappa shape index (κ2) is 6.07. The number of hydrogen-bond donors (Lipinski definition) is 2. The van der Waals surface area contributed by atoms with Gasteiger partial charge >= 0.3 is 5.76 Å². The van der Waals surface area contributed by atoms with E-state index in [-0.39, 0.29) is 5.91 Å². The van der Waals surface area contributed by atoms with E-state index in [1.54, 1.807) is 31.2 Å². The molecule has 2 heterocycles. The van der Waals surface area contributed by atoms with E-state index in [9.17, 15) is 9.59 Å². The summed E-state index contributed by atoms with van der Waals surface area (Å²) in [5.74, 6) is 0.571. The number of H-pyrrole nitrogens is 1. The Bertz CT molecular complexity index is 892. The number of aromatic nitrogens is 4. The summed E-state index contributed by atoms with van der Waals surface area (Å²) in [5, 5.41) is 9.54. The maximum absolute atomic E-state index is 12.3. The average Bonchev–Trinajstić information content (AvgIpc) is 3.08. The lowest BCUT2D eigenvalue weighted by Crippen LogP contribution is -2.35. The van der Waals surface area contributed by atoms with Gasteiger partial charge in [-0.3, -0.25) is 14.5 Å². The van der Waals surface area contributed by atoms with E-state index >= 15 is 0 Å². The van der Waals surface area contributed by atoms with Crippen molar-refractivity contribution < 1.29 is 9.21 Å². The van der Waals surface area contributed by atoms with Gasteiger partial charge in [0.05, 0.1) is 5.52 Å². The molecule has 8 heteroatoms. The number of hydrogen-bond acceptors (Lipinski definition) is 5. The van der Waals surface area contributed by atoms with E-state index in [1.165, 1.54) is 4.57 Å². The number of carbonyl (C=O) groups excluding carboxylic acids is 1. The first-order valence-corrected chi connectivity index (χ1v) is 7.32. The van der Waals surface area contributed by atoms with Gasteiger partial charge < -0.3 is 9.73 Å². The normalized spacial score (nSPS) is 12.4. The fourth-order valence-corrected chi connectivity index (χ4v) is 2.41. The van der Waals surface area contributed by atoms with Gasteiger partial charge in [0.25, 0.3) is 0 Å². The van der Waals surface area contributed by atoms with Gasteiger partial charge in [0.2, 0.25) is 5.91 Å². The van der Waals surface area contributed by atoms with Crippen molar-refractivity contribution in [2.45, 2.75) is 26.3 Å². The quantitative estimate of drug-likeness (QED) is 0.729. The van der Waals surface area contributed by atoms with E-state index < -0.39 is 11.8 Å². The van der Waals surface area contributed by atoms with Crippen LogP contribution in [-0.2, 0) is 11.2 Å². The number of nitrogens with zero attached hydrogens (tertiary/aromatic N) is 3. The monoisotopic (exact) mass is 315 g/mol. The van der Waals surface area contributed by atoms with E-state index in [4.69, 9.17) is 4.42 Å². The SMILES string of the molecule is Cc1nc(CCNC(=O)[C@H](C)n2c(=O)oc3ccccc32)n[nH]1. The first-order chi connectivity index (χ1) is 11.1. The number of aromatic amines is 1. The largest absolute Gasteiger partial charge is 0.420 e. The van der Waals surface area contributed by atoms with Crippen LogP contribution in [0.25, 0.3) is 11.1 Å². The van der Waals surface area contributed by atoms with Crippen molar-refractivity contribution >= 4 is 17.0 Å². The molecule has 0 aliphatic rings. The van der Waals surface area contributed by atoms with Gasteiger partial charge in [0.1, 0.15) is 11.9 Å². The first-order valence-electron chi connectivity index (χ1n) is 7.32. The zero-order valence-corrected chi connectivity index (χ0v) is 12.9. The molecule has 23 heavy (non-hydrogen) atoms. The molecule has 0 saturated heterocycles. The van der Waals surface area contributed by atoms with Gasteiger partial charge in [-0.05, 0) is 26.0 Å². The Hall–Kier alpha value is -2.90. The summed E-state index contributed by atoms with van der Waals surface area (Å²) in [6.07, 6.45) is 0.518. The molecule has 1 amide bonds. The van der Waals surface area contributed by atoms with Crippen molar-refractivity contribution in [2.75, 3.05) is 6.54 Å². The van der Waals surface area contributed by atoms with Crippen LogP contribution in [0.3, 0.4) is 0 Å². The van der Waals surface area contributed by atoms with Crippen molar-refractivity contribution in [2.24, 2.45) is 0 Å². The highest BCUT2D eigenvalue weighted by Gasteiger charge is 2.20. The number of para-hydroxylation sites is 2. The molecule has 0 spiro atoms. The molecule has 1 aromatic carbocycles. The van der Waals surface area contributed by atoms with Gasteiger partial charge in [-0.2, -0.15) is 5.10 Å². The molecule has 0 saturated carbocycles. The third kappa shape index (κ3) is 3.01. The van der Waals surface area contributed by atoms with E-state index in [1.807, 2.05) is 6.92 Å². The average molecular weight is 315 g/mol. The Labute approximate surface area is 131 Å². The van der Waals surface area contributed by atoms with E-state index in [0.29, 0.717) is 29.9 Å². The minimum Gasteiger partial charge on any atom is -0.408 e. The Morgan fingerprint density at radius 2 is 2.22 bits per heavy atom. The molecule has 0 aliphatic heterocycles. The maximum Gasteiger partial charge on any atom is 0.420 e. The molecule has 2 N–H and O–H groups in total. The number of fused-ring (bicyclic) bond motifs is 1. The number of benzene rings is 1. The summed E-state index contributed by atoms with van der Waals surface area (Å²) in [7, 11) is 0. The number of carbonyl (C=O) groups is 1. The molecule has 0 aliphatic carbocycles. The fraction of sp³-hybridized carbons (Fsp3) is 0.333. The maximum atomic E-state index is 12.3. The highest BCUT2D eigenvalue weighted by atomic mass is 16.4. The molecule has 3 rings (SSSR count). The third-order valence-electron chi connectivity index (χ3n) is 3.58. The minimum atomic E-state index is -0.667. The molecule has 3 aromatic rings. The molecule has 0 fully saturated rings. The minimum absolute atomic E-state index is 0.258. The van der Waals surface area contributed by atoms with Crippen molar-refractivity contribution in [1.29, 1.82) is 0 Å². The van der Waals surface area contributed by atoms with E-state index in [0.717, 1.165) is 5.82 Å². The van der Waals surface area contributed by atoms with Crippen molar-refractivity contribution in [3.05, 3.63) is 46.5 Å². The van der Waals surface area contributed by atoms with Crippen LogP contribution in [0.5, 0.6) is 0 Å². The Kier molecular flexibility index (Phi) is 3.96. The summed E-state index contributed by atoms with van der Waals surface area (Å²) >= 11 is 0. The summed E-state index contributed by atoms with van der Waals surface area (Å²) in [6.45, 7) is 3.87. The highest BCUT2D eigenvalue weighted by Crippen LogP contribution is 2.16. The van der Waals surface area contributed by atoms with Crippen LogP contribution < -0.4 is 11.1 Å². The topological polar surface area (TPSA) is 106 Å². The Morgan fingerprint density at radius 1 is 1.43 bits per heavy atom. The van der Waals surface area contributed by atoms with Crippen LogP contribution in [0.1, 0.15) is 24.6 Å². The first kappa shape index (κ1) is 15.0. The lowest BCUT2D eigenvalue weighted by Gasteiger charge is -2.12. The highest BCUT2D eigenvalue weighted by molar-refractivity contribution is 5.82. The van der Waals surface area contributed by atoms with Crippen LogP contribution in [0.4, 0.5) is 0 Å². The third-order valence-corrected chi connectivity index (χ3v) is 3.58. The molecule has 120 valence electrons. The molecule has 2 aromatic heterocycles. The van der Waals surface area contributed by atoms with Gasteiger partial charge in [-0.25, -0.2) is 9.78 Å². The van der Waals surface area contributed by atoms with Crippen LogP contribution in [-0.4, -0.2) is 32.2 Å². The second-order valence-electron chi connectivity index (χ2n) is 5.26. The number of oxazole rings is 1. The Balaban J connectivity index is 1.69. The number of aryl methyl sites for hydroxylation is 1. The number of amides is 1.